The van der Waals surface area contributed by atoms with Crippen molar-refractivity contribution in [3.05, 3.63) is 34.7 Å². The van der Waals surface area contributed by atoms with E-state index in [0.717, 1.165) is 14.7 Å². The highest BCUT2D eigenvalue weighted by atomic mass is 127. The van der Waals surface area contributed by atoms with Crippen LogP contribution in [-0.2, 0) is 6.54 Å². The van der Waals surface area contributed by atoms with Crippen LogP contribution in [0.15, 0.2) is 18.5 Å². The number of hydrogen-bond acceptors (Lipinski definition) is 2. The molecular formula is C9H8ClIN2. The lowest BCUT2D eigenvalue weighted by molar-refractivity contribution is 0.446. The summed E-state index contributed by atoms with van der Waals surface area (Å²) in [4.78, 5) is 5.29. The first-order valence-electron chi connectivity index (χ1n) is 5.17. The lowest BCUT2D eigenvalue weighted by Gasteiger charge is -2.22. The molecule has 0 saturated heterocycles. The van der Waals surface area contributed by atoms with Crippen molar-refractivity contribution in [3.8, 4) is 0 Å². The molecule has 0 fully saturated rings. The lowest BCUT2D eigenvalue weighted by atomic mass is 10.1. The zero-order valence-corrected chi connectivity index (χ0v) is 9.50. The van der Waals surface area contributed by atoms with E-state index in [4.69, 9.17) is 15.7 Å². The summed E-state index contributed by atoms with van der Waals surface area (Å²) >= 11 is 7.91. The van der Waals surface area contributed by atoms with Crippen LogP contribution in [0, 0.1) is 0 Å². The minimum absolute atomic E-state index is 0.336. The fourth-order valence-corrected chi connectivity index (χ4v) is 2.24. The Kier molecular flexibility index (Phi) is 1.66. The number of hydrogen-bond donors (Lipinski definition) is 0. The predicted octanol–water partition coefficient (Wildman–Crippen LogP) is 2.91. The van der Waals surface area contributed by atoms with Gasteiger partial charge in [0.2, 0.25) is 0 Å². The van der Waals surface area contributed by atoms with Crippen LogP contribution in [0.1, 0.15) is 15.2 Å². The number of rotatable bonds is 0. The van der Waals surface area contributed by atoms with Crippen molar-refractivity contribution in [1.29, 1.82) is 0 Å². The maximum atomic E-state index is 7.36. The summed E-state index contributed by atoms with van der Waals surface area (Å²) in [5.74, 6) is 0. The van der Waals surface area contributed by atoms with Crippen LogP contribution in [0.5, 0.6) is 0 Å². The molecule has 1 aromatic rings. The Morgan fingerprint density at radius 1 is 1.77 bits per heavy atom. The van der Waals surface area contributed by atoms with Gasteiger partial charge in [0, 0.05) is 33.6 Å². The molecule has 1 aromatic heterocycles. The molecule has 68 valence electrons. The van der Waals surface area contributed by atoms with Gasteiger partial charge < -0.3 is 4.90 Å². The van der Waals surface area contributed by atoms with Crippen LogP contribution in [-0.4, -0.2) is 16.9 Å². The van der Waals surface area contributed by atoms with Crippen LogP contribution >= 0.6 is 34.2 Å². The van der Waals surface area contributed by atoms with E-state index in [9.17, 15) is 0 Å². The van der Waals surface area contributed by atoms with Crippen molar-refractivity contribution in [2.24, 2.45) is 0 Å². The highest BCUT2D eigenvalue weighted by Crippen LogP contribution is 2.31. The molecule has 0 spiro atoms. The summed E-state index contributed by atoms with van der Waals surface area (Å²) < 4.78 is 23.0. The third kappa shape index (κ3) is 1.81. The molecule has 0 N–H and O–H groups in total. The Labute approximate surface area is 100.0 Å². The summed E-state index contributed by atoms with van der Waals surface area (Å²) in [6.07, 6.45) is 3.26. The highest BCUT2D eigenvalue weighted by Gasteiger charge is 2.13. The lowest BCUT2D eigenvalue weighted by Crippen LogP contribution is -2.15. The van der Waals surface area contributed by atoms with Crippen molar-refractivity contribution >= 4 is 37.8 Å². The number of nitrogens with zero attached hydrogens (tertiary/aromatic N) is 2. The first-order chi connectivity index (χ1) is 7.38. The van der Waals surface area contributed by atoms with Crippen LogP contribution in [0.2, 0.25) is 5.15 Å². The molecule has 0 amide bonds. The second kappa shape index (κ2) is 3.46. The summed E-state index contributed by atoms with van der Waals surface area (Å²) in [6.45, 7) is -1.78. The third-order valence-corrected chi connectivity index (χ3v) is 2.89. The SMILES string of the molecule is [2H]C([2H])([2H])N1C=C(I)c2cc(Cl)ncc2C1. The molecule has 13 heavy (non-hydrogen) atoms. The Morgan fingerprint density at radius 3 is 3.38 bits per heavy atom. The summed E-state index contributed by atoms with van der Waals surface area (Å²) in [5.41, 5.74) is 1.84. The van der Waals surface area contributed by atoms with Gasteiger partial charge in [0.15, 0.2) is 0 Å². The van der Waals surface area contributed by atoms with E-state index in [1.807, 2.05) is 0 Å². The Bertz CT molecular complexity index is 459. The van der Waals surface area contributed by atoms with E-state index >= 15 is 0 Å². The van der Waals surface area contributed by atoms with Gasteiger partial charge in [-0.05, 0) is 39.8 Å². The normalized spacial score (nSPS) is 19.7. The van der Waals surface area contributed by atoms with Gasteiger partial charge >= 0.3 is 0 Å². The second-order valence-electron chi connectivity index (χ2n) is 2.77. The number of aromatic nitrogens is 1. The molecule has 0 unspecified atom stereocenters. The van der Waals surface area contributed by atoms with Gasteiger partial charge in [-0.2, -0.15) is 0 Å². The van der Waals surface area contributed by atoms with Gasteiger partial charge in [0.1, 0.15) is 5.15 Å². The second-order valence-corrected chi connectivity index (χ2v) is 4.32. The molecular weight excluding hydrogens is 298 g/mol. The molecule has 0 bridgehead atoms. The van der Waals surface area contributed by atoms with Crippen molar-refractivity contribution in [1.82, 2.24) is 9.88 Å². The van der Waals surface area contributed by atoms with Gasteiger partial charge in [-0.25, -0.2) is 4.98 Å². The summed E-state index contributed by atoms with van der Waals surface area (Å²) in [6, 6.07) is 1.76. The molecule has 1 aliphatic heterocycles. The van der Waals surface area contributed by atoms with Crippen LogP contribution in [0.3, 0.4) is 0 Å². The average molecular weight is 310 g/mol. The largest absolute Gasteiger partial charge is 0.375 e. The van der Waals surface area contributed by atoms with Gasteiger partial charge in [-0.1, -0.05) is 11.6 Å². The third-order valence-electron chi connectivity index (χ3n) is 1.82. The van der Waals surface area contributed by atoms with Gasteiger partial charge in [-0.3, -0.25) is 0 Å². The summed E-state index contributed by atoms with van der Waals surface area (Å²) in [7, 11) is 0. The van der Waals surface area contributed by atoms with Crippen molar-refractivity contribution < 1.29 is 4.11 Å². The van der Waals surface area contributed by atoms with E-state index in [1.165, 1.54) is 4.90 Å². The maximum Gasteiger partial charge on any atom is 0.129 e. The van der Waals surface area contributed by atoms with Gasteiger partial charge in [0.25, 0.3) is 0 Å². The standard InChI is InChI=1S/C9H8ClIN2/c1-13-4-6-3-12-9(10)2-7(6)8(11)5-13/h2-3,5H,4H2,1H3/i1D3. The Hall–Kier alpha value is -0.290. The quantitative estimate of drug-likeness (QED) is 0.541. The van der Waals surface area contributed by atoms with E-state index in [-0.39, 0.29) is 0 Å². The van der Waals surface area contributed by atoms with Crippen LogP contribution < -0.4 is 0 Å². The predicted molar refractivity (Wildman–Crippen MR) is 62.7 cm³/mol. The molecule has 2 rings (SSSR count). The number of halogens is 2. The maximum absolute atomic E-state index is 7.36. The molecule has 0 radical (unpaired) electrons. The molecule has 0 aromatic carbocycles. The van der Waals surface area contributed by atoms with E-state index in [0.29, 0.717) is 11.7 Å². The molecule has 0 saturated carbocycles. The first-order valence-corrected chi connectivity index (χ1v) is 5.12. The van der Waals surface area contributed by atoms with Crippen molar-refractivity contribution in [2.45, 2.75) is 6.54 Å². The molecule has 1 aliphatic rings. The fraction of sp³-hybridized carbons (Fsp3) is 0.222. The number of fused-ring (bicyclic) bond motifs is 1. The number of pyridine rings is 1. The minimum atomic E-state index is -2.12. The van der Waals surface area contributed by atoms with Crippen LogP contribution in [0.4, 0.5) is 0 Å². The van der Waals surface area contributed by atoms with Crippen molar-refractivity contribution in [2.75, 3.05) is 6.98 Å². The van der Waals surface area contributed by atoms with Gasteiger partial charge in [0.05, 0.1) is 0 Å². The molecule has 2 nitrogen and oxygen atoms in total. The van der Waals surface area contributed by atoms with Crippen molar-refractivity contribution in [3.63, 3.8) is 0 Å². The molecule has 2 heterocycles. The molecule has 4 heteroatoms. The molecule has 0 atom stereocenters. The van der Waals surface area contributed by atoms with Gasteiger partial charge in [-0.15, -0.1) is 0 Å². The molecule has 0 aliphatic carbocycles. The first kappa shape index (κ1) is 6.24. The average Bonchev–Trinajstić information content (AvgIpc) is 2.17. The Balaban J connectivity index is 2.43. The van der Waals surface area contributed by atoms with E-state index in [1.54, 1.807) is 18.5 Å². The van der Waals surface area contributed by atoms with E-state index < -0.39 is 6.98 Å². The zero-order chi connectivity index (χ0) is 11.9. The Morgan fingerprint density at radius 2 is 2.62 bits per heavy atom. The fourth-order valence-electron chi connectivity index (χ4n) is 1.24. The minimum Gasteiger partial charge on any atom is -0.375 e. The zero-order valence-electron chi connectivity index (χ0n) is 9.59. The van der Waals surface area contributed by atoms with Crippen LogP contribution in [0.25, 0.3) is 3.58 Å². The van der Waals surface area contributed by atoms with E-state index in [2.05, 4.69) is 27.6 Å². The smallest absolute Gasteiger partial charge is 0.129 e. The monoisotopic (exact) mass is 309 g/mol. The topological polar surface area (TPSA) is 16.1 Å². The highest BCUT2D eigenvalue weighted by molar-refractivity contribution is 14.1. The summed E-state index contributed by atoms with van der Waals surface area (Å²) in [5, 5.41) is 0.420.